The summed E-state index contributed by atoms with van der Waals surface area (Å²) in [7, 11) is 3.99. The standard InChI is InChI=1S/C10H18N2/c1-9-5-4-6-10(9,7-11-2)8-12-3/h4-6,11-12H,7-8H2,1-3H3. The lowest BCUT2D eigenvalue weighted by molar-refractivity contribution is 0.424. The van der Waals surface area contributed by atoms with Crippen LogP contribution in [0.3, 0.4) is 0 Å². The van der Waals surface area contributed by atoms with Crippen LogP contribution in [-0.2, 0) is 0 Å². The third-order valence-electron chi connectivity index (χ3n) is 2.53. The fourth-order valence-corrected chi connectivity index (χ4v) is 1.76. The predicted octanol–water partition coefficient (Wildman–Crippen LogP) is 0.928. The molecule has 68 valence electrons. The molecule has 0 saturated heterocycles. The summed E-state index contributed by atoms with van der Waals surface area (Å²) >= 11 is 0. The Labute approximate surface area is 74.7 Å². The van der Waals surface area contributed by atoms with Crippen LogP contribution in [0, 0.1) is 5.41 Å². The van der Waals surface area contributed by atoms with Crippen molar-refractivity contribution in [2.75, 3.05) is 27.2 Å². The second-order valence-electron chi connectivity index (χ2n) is 3.43. The molecule has 2 nitrogen and oxygen atoms in total. The Balaban J connectivity index is 2.72. The van der Waals surface area contributed by atoms with Gasteiger partial charge in [0.2, 0.25) is 0 Å². The van der Waals surface area contributed by atoms with Crippen molar-refractivity contribution in [1.82, 2.24) is 10.6 Å². The van der Waals surface area contributed by atoms with Gasteiger partial charge >= 0.3 is 0 Å². The van der Waals surface area contributed by atoms with Gasteiger partial charge in [-0.15, -0.1) is 0 Å². The molecule has 0 aliphatic heterocycles. The summed E-state index contributed by atoms with van der Waals surface area (Å²) in [5.74, 6) is 0. The average Bonchev–Trinajstić information content (AvgIpc) is 2.35. The van der Waals surface area contributed by atoms with E-state index in [-0.39, 0.29) is 5.41 Å². The van der Waals surface area contributed by atoms with Gasteiger partial charge in [0.1, 0.15) is 0 Å². The van der Waals surface area contributed by atoms with E-state index in [1.165, 1.54) is 5.57 Å². The molecular formula is C10H18N2. The van der Waals surface area contributed by atoms with E-state index in [4.69, 9.17) is 0 Å². The molecule has 0 fully saturated rings. The fourth-order valence-electron chi connectivity index (χ4n) is 1.76. The topological polar surface area (TPSA) is 24.1 Å². The molecule has 0 saturated carbocycles. The van der Waals surface area contributed by atoms with Gasteiger partial charge in [-0.05, 0) is 21.0 Å². The van der Waals surface area contributed by atoms with Gasteiger partial charge in [0.25, 0.3) is 0 Å². The van der Waals surface area contributed by atoms with E-state index >= 15 is 0 Å². The summed E-state index contributed by atoms with van der Waals surface area (Å²) in [5, 5.41) is 6.47. The lowest BCUT2D eigenvalue weighted by Gasteiger charge is -2.29. The van der Waals surface area contributed by atoms with Crippen LogP contribution in [0.4, 0.5) is 0 Å². The second kappa shape index (κ2) is 3.87. The number of allylic oxidation sites excluding steroid dienone is 2. The Morgan fingerprint density at radius 2 is 1.83 bits per heavy atom. The molecule has 0 spiro atoms. The third-order valence-corrected chi connectivity index (χ3v) is 2.53. The van der Waals surface area contributed by atoms with Crippen LogP contribution < -0.4 is 10.6 Å². The van der Waals surface area contributed by atoms with E-state index in [0.29, 0.717) is 0 Å². The Morgan fingerprint density at radius 3 is 2.17 bits per heavy atom. The molecule has 2 heteroatoms. The third kappa shape index (κ3) is 1.59. The van der Waals surface area contributed by atoms with Crippen molar-refractivity contribution in [3.05, 3.63) is 23.8 Å². The molecule has 0 amide bonds. The molecule has 2 N–H and O–H groups in total. The Hall–Kier alpha value is -0.600. The van der Waals surface area contributed by atoms with Gasteiger partial charge in [0.05, 0.1) is 0 Å². The van der Waals surface area contributed by atoms with Crippen LogP contribution in [0.1, 0.15) is 6.92 Å². The molecule has 1 aliphatic rings. The average molecular weight is 166 g/mol. The molecule has 0 radical (unpaired) electrons. The van der Waals surface area contributed by atoms with Crippen LogP contribution >= 0.6 is 0 Å². The number of nitrogens with one attached hydrogen (secondary N) is 2. The van der Waals surface area contributed by atoms with E-state index in [1.54, 1.807) is 0 Å². The summed E-state index contributed by atoms with van der Waals surface area (Å²) < 4.78 is 0. The van der Waals surface area contributed by atoms with Crippen LogP contribution in [0.25, 0.3) is 0 Å². The van der Waals surface area contributed by atoms with Crippen molar-refractivity contribution in [2.45, 2.75) is 6.92 Å². The summed E-state index contributed by atoms with van der Waals surface area (Å²) in [6, 6.07) is 0. The van der Waals surface area contributed by atoms with E-state index in [1.807, 2.05) is 14.1 Å². The zero-order valence-corrected chi connectivity index (χ0v) is 8.15. The molecular weight excluding hydrogens is 148 g/mol. The van der Waals surface area contributed by atoms with Crippen LogP contribution in [0.5, 0.6) is 0 Å². The molecule has 0 aromatic heterocycles. The highest BCUT2D eigenvalue weighted by atomic mass is 14.9. The molecule has 0 aromatic carbocycles. The summed E-state index contributed by atoms with van der Waals surface area (Å²) in [4.78, 5) is 0. The highest BCUT2D eigenvalue weighted by molar-refractivity contribution is 5.33. The van der Waals surface area contributed by atoms with Crippen molar-refractivity contribution >= 4 is 0 Å². The van der Waals surface area contributed by atoms with Crippen LogP contribution in [0.2, 0.25) is 0 Å². The predicted molar refractivity (Wildman–Crippen MR) is 53.2 cm³/mol. The van der Waals surface area contributed by atoms with E-state index in [9.17, 15) is 0 Å². The maximum atomic E-state index is 3.23. The largest absolute Gasteiger partial charge is 0.319 e. The zero-order chi connectivity index (χ0) is 9.03. The lowest BCUT2D eigenvalue weighted by Crippen LogP contribution is -2.38. The molecule has 12 heavy (non-hydrogen) atoms. The minimum atomic E-state index is 0.212. The van der Waals surface area contributed by atoms with Gasteiger partial charge in [-0.25, -0.2) is 0 Å². The van der Waals surface area contributed by atoms with Crippen molar-refractivity contribution in [3.63, 3.8) is 0 Å². The number of hydrogen-bond donors (Lipinski definition) is 2. The first-order valence-corrected chi connectivity index (χ1v) is 4.41. The molecule has 1 aliphatic carbocycles. The Morgan fingerprint density at radius 1 is 1.25 bits per heavy atom. The highest BCUT2D eigenvalue weighted by Gasteiger charge is 2.29. The van der Waals surface area contributed by atoms with E-state index in [2.05, 4.69) is 35.8 Å². The summed E-state index contributed by atoms with van der Waals surface area (Å²) in [6.07, 6.45) is 6.61. The first-order chi connectivity index (χ1) is 5.75. The number of hydrogen-bond acceptors (Lipinski definition) is 2. The van der Waals surface area contributed by atoms with Gasteiger partial charge in [-0.2, -0.15) is 0 Å². The maximum absolute atomic E-state index is 3.23. The first-order valence-electron chi connectivity index (χ1n) is 4.41. The lowest BCUT2D eigenvalue weighted by atomic mass is 9.83. The molecule has 0 unspecified atom stereocenters. The van der Waals surface area contributed by atoms with Gasteiger partial charge in [-0.3, -0.25) is 0 Å². The quantitative estimate of drug-likeness (QED) is 0.649. The van der Waals surface area contributed by atoms with Gasteiger partial charge in [0.15, 0.2) is 0 Å². The second-order valence-corrected chi connectivity index (χ2v) is 3.43. The Kier molecular flexibility index (Phi) is 3.06. The highest BCUT2D eigenvalue weighted by Crippen LogP contribution is 2.31. The van der Waals surface area contributed by atoms with Crippen molar-refractivity contribution in [1.29, 1.82) is 0 Å². The van der Waals surface area contributed by atoms with Crippen LogP contribution in [-0.4, -0.2) is 27.2 Å². The minimum absolute atomic E-state index is 0.212. The monoisotopic (exact) mass is 166 g/mol. The van der Waals surface area contributed by atoms with Gasteiger partial charge < -0.3 is 10.6 Å². The van der Waals surface area contributed by atoms with E-state index in [0.717, 1.165) is 13.1 Å². The van der Waals surface area contributed by atoms with Crippen molar-refractivity contribution in [2.24, 2.45) is 5.41 Å². The zero-order valence-electron chi connectivity index (χ0n) is 8.15. The van der Waals surface area contributed by atoms with Crippen LogP contribution in [0.15, 0.2) is 23.8 Å². The molecule has 0 heterocycles. The van der Waals surface area contributed by atoms with Crippen molar-refractivity contribution < 1.29 is 0 Å². The molecule has 0 bridgehead atoms. The maximum Gasteiger partial charge on any atom is 0.0344 e. The SMILES string of the molecule is CNCC1(CNC)C=CC=C1C. The van der Waals surface area contributed by atoms with Gasteiger partial charge in [0, 0.05) is 18.5 Å². The smallest absolute Gasteiger partial charge is 0.0344 e. The normalized spacial score (nSPS) is 19.8. The molecule has 0 aromatic rings. The van der Waals surface area contributed by atoms with Gasteiger partial charge in [-0.1, -0.05) is 23.8 Å². The fraction of sp³-hybridized carbons (Fsp3) is 0.600. The molecule has 1 rings (SSSR count). The summed E-state index contributed by atoms with van der Waals surface area (Å²) in [5.41, 5.74) is 1.65. The Bertz CT molecular complexity index is 198. The molecule has 0 atom stereocenters. The first kappa shape index (κ1) is 9.49. The van der Waals surface area contributed by atoms with Crippen molar-refractivity contribution in [3.8, 4) is 0 Å². The minimum Gasteiger partial charge on any atom is -0.319 e. The summed E-state index contributed by atoms with van der Waals surface area (Å²) in [6.45, 7) is 4.20. The number of rotatable bonds is 4. The van der Waals surface area contributed by atoms with E-state index < -0.39 is 0 Å².